The number of carbonyl (C=O) groups is 1. The fraction of sp³-hybridized carbons (Fsp3) is 0.417. The molecule has 3 N–H and O–H groups in total. The Balaban J connectivity index is 2.85. The zero-order valence-corrected chi connectivity index (χ0v) is 9.75. The second-order valence-corrected chi connectivity index (χ2v) is 4.21. The minimum Gasteiger partial charge on any atom is -0.396 e. The molecule has 0 aliphatic rings. The Labute approximate surface area is 94.8 Å². The van der Waals surface area contributed by atoms with Gasteiger partial charge in [-0.15, -0.1) is 0 Å². The number of hydrogen-bond donors (Lipinski definition) is 2. The van der Waals surface area contributed by atoms with Crippen LogP contribution in [0, 0.1) is 11.7 Å². The van der Waals surface area contributed by atoms with E-state index < -0.39 is 5.82 Å². The van der Waals surface area contributed by atoms with Crippen molar-refractivity contribution in [3.8, 4) is 0 Å². The van der Waals surface area contributed by atoms with Crippen LogP contribution in [0.15, 0.2) is 18.2 Å². The van der Waals surface area contributed by atoms with Gasteiger partial charge in [-0.3, -0.25) is 4.79 Å². The smallest absolute Gasteiger partial charge is 0.253 e. The lowest BCUT2D eigenvalue weighted by Gasteiger charge is -2.18. The molecule has 0 saturated carbocycles. The summed E-state index contributed by atoms with van der Waals surface area (Å²) in [5.74, 6) is -0.582. The normalized spacial score (nSPS) is 12.6. The van der Waals surface area contributed by atoms with Crippen molar-refractivity contribution in [3.05, 3.63) is 29.6 Å². The van der Waals surface area contributed by atoms with E-state index in [0.29, 0.717) is 5.92 Å². The molecule has 0 heterocycles. The maximum atomic E-state index is 13.1. The summed E-state index contributed by atoms with van der Waals surface area (Å²) < 4.78 is 13.1. The summed E-state index contributed by atoms with van der Waals surface area (Å²) in [5.41, 5.74) is 5.59. The number of benzene rings is 1. The summed E-state index contributed by atoms with van der Waals surface area (Å²) in [6.45, 7) is 5.90. The van der Waals surface area contributed by atoms with Crippen LogP contribution < -0.4 is 11.1 Å². The van der Waals surface area contributed by atoms with Crippen LogP contribution in [0.25, 0.3) is 0 Å². The van der Waals surface area contributed by atoms with Gasteiger partial charge in [-0.1, -0.05) is 19.9 Å². The third kappa shape index (κ3) is 2.72. The van der Waals surface area contributed by atoms with Crippen LogP contribution in [0.5, 0.6) is 0 Å². The molecule has 1 aromatic rings. The molecule has 1 rings (SSSR count). The molecule has 0 aliphatic carbocycles. The molecular weight excluding hydrogens is 207 g/mol. The molecule has 88 valence electrons. The van der Waals surface area contributed by atoms with Gasteiger partial charge in [-0.2, -0.15) is 0 Å². The topological polar surface area (TPSA) is 55.1 Å². The van der Waals surface area contributed by atoms with Crippen molar-refractivity contribution in [1.29, 1.82) is 0 Å². The summed E-state index contributed by atoms with van der Waals surface area (Å²) in [6, 6.07) is 4.24. The highest BCUT2D eigenvalue weighted by Gasteiger charge is 2.16. The molecule has 4 heteroatoms. The number of nitrogen functional groups attached to an aromatic ring is 1. The minimum absolute atomic E-state index is 0.0233. The number of carbonyl (C=O) groups excluding carboxylic acids is 1. The van der Waals surface area contributed by atoms with Crippen LogP contribution >= 0.6 is 0 Å². The number of nitrogens with one attached hydrogen (secondary N) is 1. The molecule has 1 aromatic carbocycles. The summed E-state index contributed by atoms with van der Waals surface area (Å²) in [5, 5.41) is 2.78. The lowest BCUT2D eigenvalue weighted by atomic mass is 10.1. The van der Waals surface area contributed by atoms with Gasteiger partial charge in [0.2, 0.25) is 0 Å². The van der Waals surface area contributed by atoms with Crippen molar-refractivity contribution in [1.82, 2.24) is 5.32 Å². The summed E-state index contributed by atoms with van der Waals surface area (Å²) in [4.78, 5) is 11.8. The maximum Gasteiger partial charge on any atom is 0.253 e. The van der Waals surface area contributed by atoms with E-state index in [2.05, 4.69) is 5.32 Å². The Morgan fingerprint density at radius 1 is 1.38 bits per heavy atom. The first-order chi connectivity index (χ1) is 7.43. The van der Waals surface area contributed by atoms with Crippen LogP contribution in [-0.4, -0.2) is 11.9 Å². The molecular formula is C12H17FN2O. The predicted molar refractivity (Wildman–Crippen MR) is 62.6 cm³/mol. The molecule has 0 spiro atoms. The Kier molecular flexibility index (Phi) is 3.88. The highest BCUT2D eigenvalue weighted by atomic mass is 19.1. The van der Waals surface area contributed by atoms with E-state index >= 15 is 0 Å². The molecule has 0 saturated heterocycles. The van der Waals surface area contributed by atoms with E-state index in [9.17, 15) is 9.18 Å². The number of para-hydroxylation sites is 1. The largest absolute Gasteiger partial charge is 0.396 e. The summed E-state index contributed by atoms with van der Waals surface area (Å²) >= 11 is 0. The Morgan fingerprint density at radius 3 is 2.56 bits per heavy atom. The monoisotopic (exact) mass is 224 g/mol. The van der Waals surface area contributed by atoms with Crippen LogP contribution in [0.1, 0.15) is 31.1 Å². The standard InChI is InChI=1S/C12H17FN2O/c1-7(2)8(3)15-12(16)9-5-4-6-10(13)11(9)14/h4-8H,14H2,1-3H3,(H,15,16). The Morgan fingerprint density at radius 2 is 2.00 bits per heavy atom. The maximum absolute atomic E-state index is 13.1. The van der Waals surface area contributed by atoms with E-state index in [1.54, 1.807) is 0 Å². The van der Waals surface area contributed by atoms with Gasteiger partial charge >= 0.3 is 0 Å². The number of rotatable bonds is 3. The van der Waals surface area contributed by atoms with Crippen molar-refractivity contribution >= 4 is 11.6 Å². The van der Waals surface area contributed by atoms with Gasteiger partial charge in [0.15, 0.2) is 0 Å². The zero-order chi connectivity index (χ0) is 12.3. The molecule has 1 unspecified atom stereocenters. The van der Waals surface area contributed by atoms with Gasteiger partial charge in [0.1, 0.15) is 5.82 Å². The Bertz CT molecular complexity index is 391. The van der Waals surface area contributed by atoms with Gasteiger partial charge in [0.25, 0.3) is 5.91 Å². The fourth-order valence-electron chi connectivity index (χ4n) is 1.19. The van der Waals surface area contributed by atoms with Crippen molar-refractivity contribution < 1.29 is 9.18 Å². The van der Waals surface area contributed by atoms with Crippen molar-refractivity contribution in [3.63, 3.8) is 0 Å². The molecule has 0 aliphatic heterocycles. The first-order valence-electron chi connectivity index (χ1n) is 5.28. The highest BCUT2D eigenvalue weighted by molar-refractivity contribution is 5.99. The second kappa shape index (κ2) is 4.96. The van der Waals surface area contributed by atoms with Crippen molar-refractivity contribution in [2.24, 2.45) is 5.92 Å². The number of amides is 1. The van der Waals surface area contributed by atoms with Crippen LogP contribution in [-0.2, 0) is 0 Å². The molecule has 3 nitrogen and oxygen atoms in total. The Hall–Kier alpha value is -1.58. The molecule has 1 atom stereocenters. The van der Waals surface area contributed by atoms with E-state index in [1.807, 2.05) is 20.8 Å². The average molecular weight is 224 g/mol. The third-order valence-electron chi connectivity index (χ3n) is 2.66. The number of nitrogens with two attached hydrogens (primary N) is 1. The lowest BCUT2D eigenvalue weighted by molar-refractivity contribution is 0.0931. The molecule has 0 bridgehead atoms. The molecule has 0 aromatic heterocycles. The lowest BCUT2D eigenvalue weighted by Crippen LogP contribution is -2.36. The molecule has 1 amide bonds. The molecule has 0 fully saturated rings. The van der Waals surface area contributed by atoms with Gasteiger partial charge in [-0.05, 0) is 25.0 Å². The van der Waals surface area contributed by atoms with Gasteiger partial charge in [0.05, 0.1) is 11.3 Å². The summed E-state index contributed by atoms with van der Waals surface area (Å²) in [7, 11) is 0. The van der Waals surface area contributed by atoms with Gasteiger partial charge in [0, 0.05) is 6.04 Å². The number of hydrogen-bond acceptors (Lipinski definition) is 2. The second-order valence-electron chi connectivity index (χ2n) is 4.21. The van der Waals surface area contributed by atoms with Crippen LogP contribution in [0.3, 0.4) is 0 Å². The van der Waals surface area contributed by atoms with Crippen LogP contribution in [0.2, 0.25) is 0 Å². The zero-order valence-electron chi connectivity index (χ0n) is 9.75. The first kappa shape index (κ1) is 12.5. The third-order valence-corrected chi connectivity index (χ3v) is 2.66. The number of halogens is 1. The highest BCUT2D eigenvalue weighted by Crippen LogP contribution is 2.16. The van der Waals surface area contributed by atoms with E-state index in [-0.39, 0.29) is 23.2 Å². The van der Waals surface area contributed by atoms with Crippen molar-refractivity contribution in [2.75, 3.05) is 5.73 Å². The van der Waals surface area contributed by atoms with Crippen LogP contribution in [0.4, 0.5) is 10.1 Å². The van der Waals surface area contributed by atoms with E-state index in [4.69, 9.17) is 5.73 Å². The quantitative estimate of drug-likeness (QED) is 0.773. The van der Waals surface area contributed by atoms with E-state index in [0.717, 1.165) is 0 Å². The number of anilines is 1. The molecule has 16 heavy (non-hydrogen) atoms. The predicted octanol–water partition coefficient (Wildman–Crippen LogP) is 2.18. The SMILES string of the molecule is CC(C)C(C)NC(=O)c1cccc(F)c1N. The molecule has 0 radical (unpaired) electrons. The minimum atomic E-state index is -0.565. The van der Waals surface area contributed by atoms with Crippen molar-refractivity contribution in [2.45, 2.75) is 26.8 Å². The van der Waals surface area contributed by atoms with Gasteiger partial charge < -0.3 is 11.1 Å². The fourth-order valence-corrected chi connectivity index (χ4v) is 1.19. The van der Waals surface area contributed by atoms with E-state index in [1.165, 1.54) is 18.2 Å². The van der Waals surface area contributed by atoms with Gasteiger partial charge in [-0.25, -0.2) is 4.39 Å². The average Bonchev–Trinajstić information content (AvgIpc) is 2.21. The summed E-state index contributed by atoms with van der Waals surface area (Å²) in [6.07, 6.45) is 0. The first-order valence-corrected chi connectivity index (χ1v) is 5.28.